The third-order valence-corrected chi connectivity index (χ3v) is 4.71. The SMILES string of the molecule is Cc1ccc(-c2cnc(CCC(=O)NCc3ccc(-c4ccn[nH]4)cc3)o2)cc1. The summed E-state index contributed by atoms with van der Waals surface area (Å²) in [7, 11) is 0. The van der Waals surface area contributed by atoms with Crippen LogP contribution in [0.2, 0.25) is 0 Å². The number of rotatable bonds is 7. The van der Waals surface area contributed by atoms with Gasteiger partial charge in [-0.05, 0) is 24.1 Å². The van der Waals surface area contributed by atoms with Crippen LogP contribution in [-0.4, -0.2) is 21.1 Å². The smallest absolute Gasteiger partial charge is 0.220 e. The summed E-state index contributed by atoms with van der Waals surface area (Å²) in [5.74, 6) is 1.26. The fourth-order valence-corrected chi connectivity index (χ4v) is 3.01. The number of hydrogen-bond donors (Lipinski definition) is 2. The number of oxazole rings is 1. The average molecular weight is 386 g/mol. The molecule has 146 valence electrons. The topological polar surface area (TPSA) is 83.8 Å². The van der Waals surface area contributed by atoms with Crippen LogP contribution < -0.4 is 5.32 Å². The van der Waals surface area contributed by atoms with E-state index in [1.165, 1.54) is 5.56 Å². The summed E-state index contributed by atoms with van der Waals surface area (Å²) >= 11 is 0. The quantitative estimate of drug-likeness (QED) is 0.496. The Hall–Kier alpha value is -3.67. The highest BCUT2D eigenvalue weighted by atomic mass is 16.4. The predicted octanol–water partition coefficient (Wildman–Crippen LogP) is 4.29. The third kappa shape index (κ3) is 4.79. The molecular weight excluding hydrogens is 364 g/mol. The van der Waals surface area contributed by atoms with Crippen molar-refractivity contribution in [3.63, 3.8) is 0 Å². The van der Waals surface area contributed by atoms with Gasteiger partial charge in [-0.1, -0.05) is 54.1 Å². The van der Waals surface area contributed by atoms with E-state index in [9.17, 15) is 4.79 Å². The van der Waals surface area contributed by atoms with Crippen molar-refractivity contribution in [2.24, 2.45) is 0 Å². The monoisotopic (exact) mass is 386 g/mol. The van der Waals surface area contributed by atoms with Gasteiger partial charge in [0.2, 0.25) is 5.91 Å². The molecule has 0 atom stereocenters. The predicted molar refractivity (Wildman–Crippen MR) is 111 cm³/mol. The lowest BCUT2D eigenvalue weighted by Gasteiger charge is -2.05. The van der Waals surface area contributed by atoms with Gasteiger partial charge in [-0.15, -0.1) is 0 Å². The van der Waals surface area contributed by atoms with Crippen molar-refractivity contribution >= 4 is 5.91 Å². The number of carbonyl (C=O) groups is 1. The van der Waals surface area contributed by atoms with E-state index in [1.54, 1.807) is 12.4 Å². The molecule has 0 bridgehead atoms. The Balaban J connectivity index is 1.25. The summed E-state index contributed by atoms with van der Waals surface area (Å²) in [5.41, 5.74) is 5.25. The van der Waals surface area contributed by atoms with Crippen molar-refractivity contribution in [3.8, 4) is 22.6 Å². The van der Waals surface area contributed by atoms with Crippen molar-refractivity contribution in [1.82, 2.24) is 20.5 Å². The second kappa shape index (κ2) is 8.56. The van der Waals surface area contributed by atoms with Gasteiger partial charge in [-0.2, -0.15) is 5.10 Å². The van der Waals surface area contributed by atoms with E-state index in [-0.39, 0.29) is 5.91 Å². The lowest BCUT2D eigenvalue weighted by Crippen LogP contribution is -2.23. The normalized spacial score (nSPS) is 10.8. The number of aromatic nitrogens is 3. The van der Waals surface area contributed by atoms with Gasteiger partial charge in [0.1, 0.15) is 0 Å². The van der Waals surface area contributed by atoms with Gasteiger partial charge < -0.3 is 9.73 Å². The highest BCUT2D eigenvalue weighted by Gasteiger charge is 2.09. The van der Waals surface area contributed by atoms with Crippen LogP contribution in [0.4, 0.5) is 0 Å². The summed E-state index contributed by atoms with van der Waals surface area (Å²) in [5, 5.41) is 9.83. The zero-order valence-corrected chi connectivity index (χ0v) is 16.2. The van der Waals surface area contributed by atoms with Gasteiger partial charge in [-0.3, -0.25) is 9.89 Å². The van der Waals surface area contributed by atoms with Crippen LogP contribution in [0.3, 0.4) is 0 Å². The molecule has 0 saturated carbocycles. The standard InChI is InChI=1S/C23H22N4O2/c1-16-2-6-19(7-3-16)21-15-25-23(29-21)11-10-22(28)24-14-17-4-8-18(9-5-17)20-12-13-26-27-20/h2-9,12-13,15H,10-11,14H2,1H3,(H,24,28)(H,26,27). The van der Waals surface area contributed by atoms with E-state index in [2.05, 4.69) is 20.5 Å². The van der Waals surface area contributed by atoms with E-state index in [4.69, 9.17) is 4.42 Å². The molecule has 29 heavy (non-hydrogen) atoms. The molecule has 2 heterocycles. The number of aromatic amines is 1. The van der Waals surface area contributed by atoms with Crippen LogP contribution in [0, 0.1) is 6.92 Å². The maximum atomic E-state index is 12.2. The number of nitrogens with zero attached hydrogens (tertiary/aromatic N) is 2. The molecule has 2 N–H and O–H groups in total. The Morgan fingerprint density at radius 1 is 1.03 bits per heavy atom. The number of benzene rings is 2. The number of H-pyrrole nitrogens is 1. The second-order valence-electron chi connectivity index (χ2n) is 6.93. The van der Waals surface area contributed by atoms with Crippen molar-refractivity contribution < 1.29 is 9.21 Å². The molecule has 0 spiro atoms. The van der Waals surface area contributed by atoms with Crippen molar-refractivity contribution in [3.05, 3.63) is 84.0 Å². The van der Waals surface area contributed by atoms with E-state index in [0.29, 0.717) is 25.3 Å². The van der Waals surface area contributed by atoms with Crippen LogP contribution in [0.5, 0.6) is 0 Å². The van der Waals surface area contributed by atoms with Crippen molar-refractivity contribution in [1.29, 1.82) is 0 Å². The zero-order chi connectivity index (χ0) is 20.1. The average Bonchev–Trinajstić information content (AvgIpc) is 3.44. The molecule has 2 aromatic carbocycles. The van der Waals surface area contributed by atoms with Crippen molar-refractivity contribution in [2.75, 3.05) is 0 Å². The minimum absolute atomic E-state index is 0.0299. The molecule has 6 heteroatoms. The van der Waals surface area contributed by atoms with Gasteiger partial charge in [0.05, 0.1) is 11.9 Å². The van der Waals surface area contributed by atoms with Gasteiger partial charge in [0.25, 0.3) is 0 Å². The van der Waals surface area contributed by atoms with Crippen LogP contribution in [0.15, 0.2) is 71.4 Å². The maximum absolute atomic E-state index is 12.2. The minimum atomic E-state index is -0.0299. The number of nitrogens with one attached hydrogen (secondary N) is 2. The molecule has 0 fully saturated rings. The Morgan fingerprint density at radius 3 is 2.52 bits per heavy atom. The zero-order valence-electron chi connectivity index (χ0n) is 16.2. The lowest BCUT2D eigenvalue weighted by molar-refractivity contribution is -0.121. The first-order valence-electron chi connectivity index (χ1n) is 9.54. The van der Waals surface area contributed by atoms with E-state index < -0.39 is 0 Å². The molecule has 0 unspecified atom stereocenters. The lowest BCUT2D eigenvalue weighted by atomic mass is 10.1. The summed E-state index contributed by atoms with van der Waals surface area (Å²) in [6, 6.07) is 18.0. The first kappa shape index (κ1) is 18.7. The summed E-state index contributed by atoms with van der Waals surface area (Å²) < 4.78 is 5.77. The van der Waals surface area contributed by atoms with Crippen molar-refractivity contribution in [2.45, 2.75) is 26.3 Å². The first-order chi connectivity index (χ1) is 14.2. The van der Waals surface area contributed by atoms with Crippen LogP contribution in [0.25, 0.3) is 22.6 Å². The Morgan fingerprint density at radius 2 is 1.79 bits per heavy atom. The van der Waals surface area contributed by atoms with Gasteiger partial charge >= 0.3 is 0 Å². The molecule has 4 rings (SSSR count). The molecule has 2 aromatic heterocycles. The Kier molecular flexibility index (Phi) is 5.52. The summed E-state index contributed by atoms with van der Waals surface area (Å²) in [6.07, 6.45) is 4.23. The molecule has 0 aliphatic heterocycles. The molecule has 6 nitrogen and oxygen atoms in total. The fourth-order valence-electron chi connectivity index (χ4n) is 3.01. The van der Waals surface area contributed by atoms with Crippen LogP contribution in [-0.2, 0) is 17.8 Å². The first-order valence-corrected chi connectivity index (χ1v) is 9.54. The largest absolute Gasteiger partial charge is 0.441 e. The second-order valence-corrected chi connectivity index (χ2v) is 6.93. The molecular formula is C23H22N4O2. The van der Waals surface area contributed by atoms with Crippen LogP contribution >= 0.6 is 0 Å². The number of amides is 1. The van der Waals surface area contributed by atoms with Crippen LogP contribution in [0.1, 0.15) is 23.4 Å². The maximum Gasteiger partial charge on any atom is 0.220 e. The third-order valence-electron chi connectivity index (χ3n) is 4.71. The number of hydrogen-bond acceptors (Lipinski definition) is 4. The highest BCUT2D eigenvalue weighted by molar-refractivity contribution is 5.76. The summed E-state index contributed by atoms with van der Waals surface area (Å²) in [4.78, 5) is 16.4. The molecule has 1 amide bonds. The molecule has 4 aromatic rings. The molecule has 0 aliphatic carbocycles. The molecule has 0 aliphatic rings. The number of aryl methyl sites for hydroxylation is 2. The van der Waals surface area contributed by atoms with Gasteiger partial charge in [-0.25, -0.2) is 4.98 Å². The van der Waals surface area contributed by atoms with Gasteiger partial charge in [0, 0.05) is 31.1 Å². The van der Waals surface area contributed by atoms with E-state index >= 15 is 0 Å². The van der Waals surface area contributed by atoms with E-state index in [0.717, 1.165) is 28.1 Å². The summed E-state index contributed by atoms with van der Waals surface area (Å²) in [6.45, 7) is 2.53. The Labute approximate surface area is 169 Å². The fraction of sp³-hybridized carbons (Fsp3) is 0.174. The molecule has 0 radical (unpaired) electrons. The Bertz CT molecular complexity index is 1070. The highest BCUT2D eigenvalue weighted by Crippen LogP contribution is 2.21. The minimum Gasteiger partial charge on any atom is -0.441 e. The van der Waals surface area contributed by atoms with E-state index in [1.807, 2.05) is 61.5 Å². The number of carbonyl (C=O) groups excluding carboxylic acids is 1. The molecule has 0 saturated heterocycles. The van der Waals surface area contributed by atoms with Gasteiger partial charge in [0.15, 0.2) is 11.7 Å².